The van der Waals surface area contributed by atoms with E-state index in [0.29, 0.717) is 11.5 Å². The molecule has 2 rings (SSSR count). The van der Waals surface area contributed by atoms with Crippen LogP contribution in [0.4, 0.5) is 5.82 Å². The fourth-order valence-corrected chi connectivity index (χ4v) is 2.28. The lowest BCUT2D eigenvalue weighted by atomic mass is 10.0. The van der Waals surface area contributed by atoms with Crippen molar-refractivity contribution in [3.63, 3.8) is 0 Å². The van der Waals surface area contributed by atoms with Crippen LogP contribution >= 0.6 is 0 Å². The Morgan fingerprint density at radius 3 is 3.15 bits per heavy atom. The fourth-order valence-electron chi connectivity index (χ4n) is 2.28. The Hall–Kier alpha value is -1.62. The number of rotatable bonds is 6. The highest BCUT2D eigenvalue weighted by Gasteiger charge is 2.23. The van der Waals surface area contributed by atoms with Crippen LogP contribution in [0, 0.1) is 5.92 Å². The molecule has 2 heterocycles. The molecule has 20 heavy (non-hydrogen) atoms. The number of nitrogens with zero attached hydrogens (tertiary/aromatic N) is 1. The van der Waals surface area contributed by atoms with Crippen LogP contribution in [0.1, 0.15) is 37.0 Å². The fraction of sp³-hybridized carbons (Fsp3) is 0.600. The first kappa shape index (κ1) is 14.8. The van der Waals surface area contributed by atoms with Crippen molar-refractivity contribution in [2.24, 2.45) is 5.92 Å². The predicted molar refractivity (Wildman–Crippen MR) is 78.9 cm³/mol. The molecule has 1 fully saturated rings. The van der Waals surface area contributed by atoms with Crippen molar-refractivity contribution in [3.05, 3.63) is 23.9 Å². The number of hydrogen-bond acceptors (Lipinski definition) is 4. The van der Waals surface area contributed by atoms with Gasteiger partial charge in [0.25, 0.3) is 5.91 Å². The number of pyridine rings is 1. The second-order valence-electron chi connectivity index (χ2n) is 5.24. The molecule has 110 valence electrons. The van der Waals surface area contributed by atoms with E-state index in [4.69, 9.17) is 4.74 Å². The van der Waals surface area contributed by atoms with Crippen LogP contribution in [-0.4, -0.2) is 36.7 Å². The summed E-state index contributed by atoms with van der Waals surface area (Å²) in [6.45, 7) is 6.52. The lowest BCUT2D eigenvalue weighted by Crippen LogP contribution is -2.38. The number of aromatic nitrogens is 1. The van der Waals surface area contributed by atoms with E-state index in [1.807, 2.05) is 6.92 Å². The van der Waals surface area contributed by atoms with Gasteiger partial charge in [-0.1, -0.05) is 6.92 Å². The molecule has 2 N–H and O–H groups in total. The Kier molecular flexibility index (Phi) is 5.35. The molecule has 2 atom stereocenters. The molecule has 5 nitrogen and oxygen atoms in total. The van der Waals surface area contributed by atoms with E-state index >= 15 is 0 Å². The van der Waals surface area contributed by atoms with E-state index in [1.165, 1.54) is 0 Å². The number of carbonyl (C=O) groups excluding carboxylic acids is 1. The third-order valence-corrected chi connectivity index (χ3v) is 3.61. The number of amides is 1. The van der Waals surface area contributed by atoms with Crippen LogP contribution in [0.25, 0.3) is 0 Å². The summed E-state index contributed by atoms with van der Waals surface area (Å²) in [6.07, 6.45) is 3.70. The molecule has 0 aliphatic carbocycles. The number of carbonyl (C=O) groups is 1. The first-order chi connectivity index (χ1) is 9.70. The lowest BCUT2D eigenvalue weighted by Gasteiger charge is -2.19. The Morgan fingerprint density at radius 2 is 2.45 bits per heavy atom. The van der Waals surface area contributed by atoms with E-state index in [2.05, 4.69) is 22.5 Å². The van der Waals surface area contributed by atoms with Gasteiger partial charge in [0.15, 0.2) is 0 Å². The molecule has 2 unspecified atom stereocenters. The van der Waals surface area contributed by atoms with Gasteiger partial charge in [0.05, 0.1) is 6.61 Å². The van der Waals surface area contributed by atoms with Gasteiger partial charge in [-0.3, -0.25) is 4.79 Å². The number of nitrogens with one attached hydrogen (secondary N) is 2. The van der Waals surface area contributed by atoms with Gasteiger partial charge in [-0.15, -0.1) is 0 Å². The SMILES string of the molecule is CCCNc1cc(C(=O)NC(C)C2CCOC2)ccn1. The van der Waals surface area contributed by atoms with Crippen molar-refractivity contribution in [1.82, 2.24) is 10.3 Å². The topological polar surface area (TPSA) is 63.2 Å². The summed E-state index contributed by atoms with van der Waals surface area (Å²) >= 11 is 0. The Labute approximate surface area is 120 Å². The summed E-state index contributed by atoms with van der Waals surface area (Å²) in [5.74, 6) is 1.11. The predicted octanol–water partition coefficient (Wildman–Crippen LogP) is 2.06. The van der Waals surface area contributed by atoms with Gasteiger partial charge in [-0.25, -0.2) is 4.98 Å². The highest BCUT2D eigenvalue weighted by molar-refractivity contribution is 5.94. The lowest BCUT2D eigenvalue weighted by molar-refractivity contribution is 0.0922. The van der Waals surface area contributed by atoms with Crippen molar-refractivity contribution in [2.45, 2.75) is 32.7 Å². The molecule has 1 aromatic rings. The Morgan fingerprint density at radius 1 is 1.60 bits per heavy atom. The van der Waals surface area contributed by atoms with Gasteiger partial charge in [0, 0.05) is 36.9 Å². The van der Waals surface area contributed by atoms with Gasteiger partial charge >= 0.3 is 0 Å². The maximum absolute atomic E-state index is 12.2. The van der Waals surface area contributed by atoms with Crippen LogP contribution in [-0.2, 0) is 4.74 Å². The zero-order chi connectivity index (χ0) is 14.4. The number of anilines is 1. The molecular weight excluding hydrogens is 254 g/mol. The Balaban J connectivity index is 1.94. The van der Waals surface area contributed by atoms with Gasteiger partial charge in [-0.2, -0.15) is 0 Å². The van der Waals surface area contributed by atoms with Crippen LogP contribution in [0.2, 0.25) is 0 Å². The molecule has 1 aromatic heterocycles. The molecule has 5 heteroatoms. The van der Waals surface area contributed by atoms with Gasteiger partial charge in [0.1, 0.15) is 5.82 Å². The smallest absolute Gasteiger partial charge is 0.251 e. The molecule has 1 aliphatic rings. The third kappa shape index (κ3) is 3.93. The van der Waals surface area contributed by atoms with Gasteiger partial charge in [0.2, 0.25) is 0 Å². The summed E-state index contributed by atoms with van der Waals surface area (Å²) in [4.78, 5) is 16.4. The normalized spacial score (nSPS) is 19.6. The number of hydrogen-bond donors (Lipinski definition) is 2. The molecule has 0 radical (unpaired) electrons. The van der Waals surface area contributed by atoms with Crippen LogP contribution in [0.3, 0.4) is 0 Å². The molecule has 1 saturated heterocycles. The first-order valence-electron chi connectivity index (χ1n) is 7.29. The zero-order valence-electron chi connectivity index (χ0n) is 12.2. The second-order valence-corrected chi connectivity index (χ2v) is 5.24. The number of ether oxygens (including phenoxy) is 1. The molecular formula is C15H23N3O2. The summed E-state index contributed by atoms with van der Waals surface area (Å²) in [5.41, 5.74) is 0.643. The van der Waals surface area contributed by atoms with Crippen molar-refractivity contribution in [1.29, 1.82) is 0 Å². The van der Waals surface area contributed by atoms with Crippen molar-refractivity contribution >= 4 is 11.7 Å². The van der Waals surface area contributed by atoms with E-state index in [0.717, 1.165) is 38.4 Å². The highest BCUT2D eigenvalue weighted by Crippen LogP contribution is 2.17. The molecule has 1 amide bonds. The van der Waals surface area contributed by atoms with Crippen LogP contribution < -0.4 is 10.6 Å². The van der Waals surface area contributed by atoms with Crippen molar-refractivity contribution < 1.29 is 9.53 Å². The maximum atomic E-state index is 12.2. The quantitative estimate of drug-likeness (QED) is 0.835. The summed E-state index contributed by atoms with van der Waals surface area (Å²) < 4.78 is 5.36. The van der Waals surface area contributed by atoms with Crippen molar-refractivity contribution in [2.75, 3.05) is 25.1 Å². The van der Waals surface area contributed by atoms with E-state index in [9.17, 15) is 4.79 Å². The monoisotopic (exact) mass is 277 g/mol. The average Bonchev–Trinajstić information content (AvgIpc) is 2.99. The first-order valence-corrected chi connectivity index (χ1v) is 7.29. The Bertz CT molecular complexity index is 444. The molecule has 0 aromatic carbocycles. The largest absolute Gasteiger partial charge is 0.381 e. The minimum Gasteiger partial charge on any atom is -0.381 e. The zero-order valence-corrected chi connectivity index (χ0v) is 12.2. The standard InChI is InChI=1S/C15H23N3O2/c1-3-6-16-14-9-12(4-7-17-14)15(19)18-11(2)13-5-8-20-10-13/h4,7,9,11,13H,3,5-6,8,10H2,1-2H3,(H,16,17)(H,18,19). The molecule has 0 spiro atoms. The van der Waals surface area contributed by atoms with Crippen molar-refractivity contribution in [3.8, 4) is 0 Å². The summed E-state index contributed by atoms with van der Waals surface area (Å²) in [6, 6.07) is 3.66. The molecule has 0 bridgehead atoms. The van der Waals surface area contributed by atoms with Gasteiger partial charge < -0.3 is 15.4 Å². The van der Waals surface area contributed by atoms with E-state index in [-0.39, 0.29) is 11.9 Å². The van der Waals surface area contributed by atoms with E-state index < -0.39 is 0 Å². The molecule has 1 aliphatic heterocycles. The second kappa shape index (κ2) is 7.24. The summed E-state index contributed by atoms with van der Waals surface area (Å²) in [5, 5.41) is 6.23. The maximum Gasteiger partial charge on any atom is 0.251 e. The van der Waals surface area contributed by atoms with Crippen LogP contribution in [0.5, 0.6) is 0 Å². The minimum absolute atomic E-state index is 0.0497. The summed E-state index contributed by atoms with van der Waals surface area (Å²) in [7, 11) is 0. The highest BCUT2D eigenvalue weighted by atomic mass is 16.5. The minimum atomic E-state index is -0.0497. The third-order valence-electron chi connectivity index (χ3n) is 3.61. The average molecular weight is 277 g/mol. The van der Waals surface area contributed by atoms with E-state index in [1.54, 1.807) is 18.3 Å². The molecule has 0 saturated carbocycles. The van der Waals surface area contributed by atoms with Crippen LogP contribution in [0.15, 0.2) is 18.3 Å². The van der Waals surface area contributed by atoms with Gasteiger partial charge in [-0.05, 0) is 31.9 Å².